The molecule has 0 aliphatic carbocycles. The van der Waals surface area contributed by atoms with E-state index in [0.29, 0.717) is 11.7 Å². The molecule has 2 aromatic rings. The first-order valence-electron chi connectivity index (χ1n) is 7.03. The van der Waals surface area contributed by atoms with Gasteiger partial charge in [0.1, 0.15) is 0 Å². The standard InChI is InChI=1S/C15H15N4O3P/c1-20-23(18-14(16-21-23)12-8-4-2-5-9-12)19-15(17-22-23)13-10-6-3-7-11-13/h2-11H,1H3,(H,16,18)(H,17,19). The van der Waals surface area contributed by atoms with Gasteiger partial charge in [0.05, 0.1) is 0 Å². The molecule has 118 valence electrons. The fraction of sp³-hybridized carbons (Fsp3) is 0.0667. The Kier molecular flexibility index (Phi) is 3.18. The van der Waals surface area contributed by atoms with Gasteiger partial charge in [0.15, 0.2) is 0 Å². The van der Waals surface area contributed by atoms with Gasteiger partial charge in [-0.05, 0) is 0 Å². The van der Waals surface area contributed by atoms with Gasteiger partial charge in [-0.3, -0.25) is 0 Å². The third-order valence-corrected chi connectivity index (χ3v) is 6.04. The zero-order valence-electron chi connectivity index (χ0n) is 12.3. The van der Waals surface area contributed by atoms with Gasteiger partial charge >= 0.3 is 132 Å². The van der Waals surface area contributed by atoms with Crippen LogP contribution in [0.3, 0.4) is 0 Å². The summed E-state index contributed by atoms with van der Waals surface area (Å²) in [6.07, 6.45) is 0. The minimum atomic E-state index is -4.02. The molecule has 2 heterocycles. The van der Waals surface area contributed by atoms with Crippen molar-refractivity contribution in [2.75, 3.05) is 7.11 Å². The summed E-state index contributed by atoms with van der Waals surface area (Å²) in [5.74, 6) is 1.04. The van der Waals surface area contributed by atoms with Gasteiger partial charge in [-0.1, -0.05) is 0 Å². The average Bonchev–Trinajstić information content (AvgIpc) is 3.21. The molecule has 0 saturated carbocycles. The number of amidine groups is 2. The van der Waals surface area contributed by atoms with Crippen molar-refractivity contribution in [2.45, 2.75) is 0 Å². The van der Waals surface area contributed by atoms with E-state index in [0.717, 1.165) is 11.1 Å². The molecule has 0 bridgehead atoms. The molecule has 23 heavy (non-hydrogen) atoms. The molecule has 7 nitrogen and oxygen atoms in total. The van der Waals surface area contributed by atoms with E-state index in [4.69, 9.17) is 13.8 Å². The summed E-state index contributed by atoms with van der Waals surface area (Å²) in [6.45, 7) is 0. The summed E-state index contributed by atoms with van der Waals surface area (Å²) >= 11 is 0. The summed E-state index contributed by atoms with van der Waals surface area (Å²) in [5.41, 5.74) is 7.28. The van der Waals surface area contributed by atoms with Crippen molar-refractivity contribution in [1.29, 1.82) is 0 Å². The molecule has 0 amide bonds. The molecule has 2 N–H and O–H groups in total. The molecule has 2 aliphatic rings. The van der Waals surface area contributed by atoms with E-state index < -0.39 is 7.59 Å². The van der Waals surface area contributed by atoms with Crippen LogP contribution in [-0.4, -0.2) is 18.8 Å². The van der Waals surface area contributed by atoms with Crippen LogP contribution in [0.4, 0.5) is 0 Å². The minimum absolute atomic E-state index is 0.518. The Labute approximate surface area is 133 Å². The zero-order chi connectivity index (χ0) is 15.8. The predicted molar refractivity (Wildman–Crippen MR) is 88.3 cm³/mol. The second kappa shape index (κ2) is 5.11. The molecular weight excluding hydrogens is 315 g/mol. The van der Waals surface area contributed by atoms with Crippen LogP contribution in [0.25, 0.3) is 0 Å². The SMILES string of the molecule is COP12(N=C(c3ccccc3)NO1)N=C(c1ccccc1)NO2. The van der Waals surface area contributed by atoms with Gasteiger partial charge in [-0.2, -0.15) is 0 Å². The first-order valence-corrected chi connectivity index (χ1v) is 8.93. The summed E-state index contributed by atoms with van der Waals surface area (Å²) in [6, 6.07) is 19.2. The first-order chi connectivity index (χ1) is 11.2. The summed E-state index contributed by atoms with van der Waals surface area (Å²) < 4.78 is 25.9. The predicted octanol–water partition coefficient (Wildman–Crippen LogP) is 2.72. The van der Waals surface area contributed by atoms with Crippen LogP contribution in [0.2, 0.25) is 0 Å². The molecule has 8 heteroatoms. The third-order valence-electron chi connectivity index (χ3n) is 3.54. The fourth-order valence-electron chi connectivity index (χ4n) is 2.32. The average molecular weight is 330 g/mol. The van der Waals surface area contributed by atoms with Gasteiger partial charge in [0.2, 0.25) is 0 Å². The van der Waals surface area contributed by atoms with E-state index in [-0.39, 0.29) is 0 Å². The van der Waals surface area contributed by atoms with E-state index in [1.165, 1.54) is 7.11 Å². The van der Waals surface area contributed by atoms with Crippen LogP contribution in [0, 0.1) is 0 Å². The van der Waals surface area contributed by atoms with E-state index in [1.54, 1.807) is 0 Å². The van der Waals surface area contributed by atoms with Crippen molar-refractivity contribution in [3.05, 3.63) is 71.8 Å². The van der Waals surface area contributed by atoms with Crippen LogP contribution < -0.4 is 11.0 Å². The van der Waals surface area contributed by atoms with Crippen molar-refractivity contribution in [2.24, 2.45) is 9.53 Å². The maximum absolute atomic E-state index is 5.64. The molecule has 2 aliphatic heterocycles. The molecule has 0 aromatic heterocycles. The van der Waals surface area contributed by atoms with E-state index >= 15 is 0 Å². The van der Waals surface area contributed by atoms with Gasteiger partial charge < -0.3 is 0 Å². The molecule has 0 unspecified atom stereocenters. The van der Waals surface area contributed by atoms with Crippen LogP contribution in [0.15, 0.2) is 70.2 Å². The fourth-order valence-corrected chi connectivity index (χ4v) is 4.35. The van der Waals surface area contributed by atoms with Gasteiger partial charge in [-0.15, -0.1) is 0 Å². The van der Waals surface area contributed by atoms with Gasteiger partial charge in [-0.25, -0.2) is 0 Å². The van der Waals surface area contributed by atoms with Crippen LogP contribution >= 0.6 is 7.59 Å². The third kappa shape index (κ3) is 2.31. The van der Waals surface area contributed by atoms with Crippen LogP contribution in [-0.2, 0) is 13.8 Å². The van der Waals surface area contributed by atoms with Crippen molar-refractivity contribution >= 4 is 19.3 Å². The van der Waals surface area contributed by atoms with Gasteiger partial charge in [0, 0.05) is 0 Å². The van der Waals surface area contributed by atoms with Crippen LogP contribution in [0.5, 0.6) is 0 Å². The molecule has 0 fully saturated rings. The molecule has 1 spiro atoms. The molecule has 2 aromatic carbocycles. The quantitative estimate of drug-likeness (QED) is 0.846. The second-order valence-corrected chi connectivity index (χ2v) is 7.74. The normalized spacial score (nSPS) is 22.4. The molecular formula is C15H15N4O3P. The molecule has 0 atom stereocenters. The number of nitrogens with zero attached hydrogens (tertiary/aromatic N) is 2. The van der Waals surface area contributed by atoms with E-state index in [1.807, 2.05) is 60.7 Å². The van der Waals surface area contributed by atoms with Crippen LogP contribution in [0.1, 0.15) is 11.1 Å². The number of hydroxylamine groups is 2. The number of hydrogen-bond acceptors (Lipinski definition) is 7. The number of rotatable bonds is 3. The molecule has 0 radical (unpaired) electrons. The van der Waals surface area contributed by atoms with E-state index in [2.05, 4.69) is 20.5 Å². The summed E-state index contributed by atoms with van der Waals surface area (Å²) in [4.78, 5) is 0. The Morgan fingerprint density at radius 1 is 0.783 bits per heavy atom. The number of hydrogen-bond donors (Lipinski definition) is 2. The van der Waals surface area contributed by atoms with Crippen molar-refractivity contribution in [1.82, 2.24) is 11.0 Å². The van der Waals surface area contributed by atoms with Crippen molar-refractivity contribution < 1.29 is 13.8 Å². The molecule has 0 saturated heterocycles. The Balaban J connectivity index is 1.77. The zero-order valence-corrected chi connectivity index (χ0v) is 13.2. The number of nitrogens with one attached hydrogen (secondary N) is 2. The summed E-state index contributed by atoms with van der Waals surface area (Å²) in [7, 11) is -2.55. The monoisotopic (exact) mass is 330 g/mol. The Morgan fingerprint density at radius 2 is 1.22 bits per heavy atom. The Morgan fingerprint density at radius 3 is 1.61 bits per heavy atom. The van der Waals surface area contributed by atoms with Crippen molar-refractivity contribution in [3.63, 3.8) is 0 Å². The Bertz CT molecular complexity index is 729. The Hall–Kier alpha value is -2.31. The van der Waals surface area contributed by atoms with Crippen molar-refractivity contribution in [3.8, 4) is 0 Å². The van der Waals surface area contributed by atoms with Gasteiger partial charge in [0.25, 0.3) is 0 Å². The number of benzene rings is 2. The summed E-state index contributed by atoms with van der Waals surface area (Å²) in [5, 5.41) is 0. The topological polar surface area (TPSA) is 76.5 Å². The first kappa shape index (κ1) is 14.3. The second-order valence-electron chi connectivity index (χ2n) is 5.00. The van der Waals surface area contributed by atoms with E-state index in [9.17, 15) is 0 Å². The molecule has 4 rings (SSSR count). The maximum atomic E-state index is 5.64.